The van der Waals surface area contributed by atoms with Crippen molar-refractivity contribution in [3.63, 3.8) is 0 Å². The van der Waals surface area contributed by atoms with Crippen molar-refractivity contribution in [3.8, 4) is 5.69 Å². The van der Waals surface area contributed by atoms with Crippen LogP contribution in [0.15, 0.2) is 61.2 Å². The summed E-state index contributed by atoms with van der Waals surface area (Å²) in [4.78, 5) is 19.7. The molecule has 2 heterocycles. The lowest BCUT2D eigenvalue weighted by Crippen LogP contribution is -2.29. The standard InChI is InChI=1S/C21H20N4OS/c1-14-18-6-4-5-7-19(18)27-20(14)21(26)24(3)15(2)16-8-10-17(11-9-16)25-13-22-12-23-25/h4-13,15H,1-3H3. The highest BCUT2D eigenvalue weighted by Gasteiger charge is 2.23. The number of nitrogens with zero attached hydrogens (tertiary/aromatic N) is 4. The molecule has 27 heavy (non-hydrogen) atoms. The van der Waals surface area contributed by atoms with Crippen LogP contribution in [0.1, 0.15) is 33.8 Å². The molecule has 1 amide bonds. The smallest absolute Gasteiger partial charge is 0.264 e. The lowest BCUT2D eigenvalue weighted by atomic mass is 10.1. The molecule has 0 aliphatic carbocycles. The van der Waals surface area contributed by atoms with Gasteiger partial charge in [-0.25, -0.2) is 9.67 Å². The normalized spacial score (nSPS) is 12.3. The molecule has 0 aliphatic heterocycles. The third-order valence-electron chi connectivity index (χ3n) is 5.00. The van der Waals surface area contributed by atoms with Crippen molar-refractivity contribution in [2.24, 2.45) is 0 Å². The molecule has 4 aromatic rings. The number of amides is 1. The number of benzene rings is 2. The van der Waals surface area contributed by atoms with E-state index in [1.54, 1.807) is 22.3 Å². The number of hydrogen-bond donors (Lipinski definition) is 0. The van der Waals surface area contributed by atoms with E-state index in [9.17, 15) is 4.79 Å². The first kappa shape index (κ1) is 17.4. The summed E-state index contributed by atoms with van der Waals surface area (Å²) in [5, 5.41) is 5.29. The highest BCUT2D eigenvalue weighted by molar-refractivity contribution is 7.21. The molecule has 0 fully saturated rings. The lowest BCUT2D eigenvalue weighted by molar-refractivity contribution is 0.0747. The highest BCUT2D eigenvalue weighted by Crippen LogP contribution is 2.33. The van der Waals surface area contributed by atoms with Gasteiger partial charge < -0.3 is 4.90 Å². The third-order valence-corrected chi connectivity index (χ3v) is 6.26. The summed E-state index contributed by atoms with van der Waals surface area (Å²) in [7, 11) is 1.86. The van der Waals surface area contributed by atoms with Gasteiger partial charge in [-0.2, -0.15) is 5.10 Å². The van der Waals surface area contributed by atoms with Crippen LogP contribution in [0.3, 0.4) is 0 Å². The van der Waals surface area contributed by atoms with E-state index in [4.69, 9.17) is 0 Å². The summed E-state index contributed by atoms with van der Waals surface area (Å²) >= 11 is 1.56. The van der Waals surface area contributed by atoms with E-state index in [1.165, 1.54) is 6.33 Å². The van der Waals surface area contributed by atoms with Crippen LogP contribution in [-0.2, 0) is 0 Å². The minimum Gasteiger partial charge on any atom is -0.334 e. The van der Waals surface area contributed by atoms with Crippen molar-refractivity contribution in [2.75, 3.05) is 7.05 Å². The monoisotopic (exact) mass is 376 g/mol. The third kappa shape index (κ3) is 3.13. The molecule has 2 aromatic carbocycles. The van der Waals surface area contributed by atoms with Crippen molar-refractivity contribution < 1.29 is 4.79 Å². The van der Waals surface area contributed by atoms with Gasteiger partial charge in [-0.05, 0) is 48.6 Å². The molecule has 0 spiro atoms. The number of carbonyl (C=O) groups excluding carboxylic acids is 1. The first-order valence-corrected chi connectivity index (χ1v) is 9.58. The number of aromatic nitrogens is 3. The summed E-state index contributed by atoms with van der Waals surface area (Å²) in [5.41, 5.74) is 3.08. The van der Waals surface area contributed by atoms with E-state index in [-0.39, 0.29) is 11.9 Å². The number of carbonyl (C=O) groups is 1. The van der Waals surface area contributed by atoms with Crippen LogP contribution in [0.4, 0.5) is 0 Å². The van der Waals surface area contributed by atoms with Crippen LogP contribution >= 0.6 is 11.3 Å². The van der Waals surface area contributed by atoms with E-state index in [1.807, 2.05) is 62.2 Å². The molecule has 1 atom stereocenters. The summed E-state index contributed by atoms with van der Waals surface area (Å²) in [5.74, 6) is 0.0570. The van der Waals surface area contributed by atoms with Gasteiger partial charge in [-0.15, -0.1) is 11.3 Å². The molecule has 5 nitrogen and oxygen atoms in total. The van der Waals surface area contributed by atoms with Gasteiger partial charge in [-0.3, -0.25) is 4.79 Å². The van der Waals surface area contributed by atoms with E-state index in [0.717, 1.165) is 31.8 Å². The average molecular weight is 376 g/mol. The van der Waals surface area contributed by atoms with Crippen molar-refractivity contribution in [3.05, 3.63) is 77.2 Å². The quantitative estimate of drug-likeness (QED) is 0.522. The van der Waals surface area contributed by atoms with Gasteiger partial charge in [0.15, 0.2) is 0 Å². The number of aryl methyl sites for hydroxylation is 1. The van der Waals surface area contributed by atoms with Crippen molar-refractivity contribution in [1.29, 1.82) is 0 Å². The number of rotatable bonds is 4. The first-order valence-electron chi connectivity index (χ1n) is 8.76. The summed E-state index contributed by atoms with van der Waals surface area (Å²) in [6, 6.07) is 16.2. The van der Waals surface area contributed by atoms with Crippen molar-refractivity contribution in [1.82, 2.24) is 19.7 Å². The van der Waals surface area contributed by atoms with Gasteiger partial charge in [0.2, 0.25) is 0 Å². The molecule has 0 N–H and O–H groups in total. The zero-order valence-electron chi connectivity index (χ0n) is 15.5. The maximum absolute atomic E-state index is 13.1. The minimum absolute atomic E-state index is 0.0353. The second-order valence-corrected chi connectivity index (χ2v) is 7.63. The van der Waals surface area contributed by atoms with Crippen LogP contribution in [0.2, 0.25) is 0 Å². The summed E-state index contributed by atoms with van der Waals surface area (Å²) in [6.45, 7) is 4.07. The van der Waals surface area contributed by atoms with E-state index in [2.05, 4.69) is 22.2 Å². The Kier molecular flexibility index (Phi) is 4.49. The van der Waals surface area contributed by atoms with Gasteiger partial charge in [0, 0.05) is 11.7 Å². The SMILES string of the molecule is Cc1c(C(=O)N(C)C(C)c2ccc(-n3cncn3)cc2)sc2ccccc12. The van der Waals surface area contributed by atoms with E-state index >= 15 is 0 Å². The zero-order valence-corrected chi connectivity index (χ0v) is 16.3. The molecule has 2 aromatic heterocycles. The molecule has 0 saturated carbocycles. The van der Waals surface area contributed by atoms with Crippen LogP contribution in [0.5, 0.6) is 0 Å². The molecular formula is C21H20N4OS. The van der Waals surface area contributed by atoms with Crippen LogP contribution in [0, 0.1) is 6.92 Å². The van der Waals surface area contributed by atoms with Crippen LogP contribution in [0.25, 0.3) is 15.8 Å². The van der Waals surface area contributed by atoms with Gasteiger partial charge in [0.1, 0.15) is 12.7 Å². The number of hydrogen-bond acceptors (Lipinski definition) is 4. The molecule has 6 heteroatoms. The van der Waals surface area contributed by atoms with E-state index < -0.39 is 0 Å². The Morgan fingerprint density at radius 1 is 1.15 bits per heavy atom. The topological polar surface area (TPSA) is 51.0 Å². The number of thiophene rings is 1. The van der Waals surface area contributed by atoms with Gasteiger partial charge >= 0.3 is 0 Å². The maximum Gasteiger partial charge on any atom is 0.264 e. The van der Waals surface area contributed by atoms with Crippen molar-refractivity contribution >= 4 is 27.3 Å². The van der Waals surface area contributed by atoms with Crippen molar-refractivity contribution in [2.45, 2.75) is 19.9 Å². The Hall–Kier alpha value is -2.99. The Labute approximate surface area is 161 Å². The molecular weight excluding hydrogens is 356 g/mol. The fraction of sp³-hybridized carbons (Fsp3) is 0.190. The average Bonchev–Trinajstić information content (AvgIpc) is 3.35. The predicted molar refractivity (Wildman–Crippen MR) is 108 cm³/mol. The summed E-state index contributed by atoms with van der Waals surface area (Å²) in [6.07, 6.45) is 3.18. The molecule has 4 rings (SSSR count). The second kappa shape index (κ2) is 6.96. The molecule has 1 unspecified atom stereocenters. The van der Waals surface area contributed by atoms with Gasteiger partial charge in [0.05, 0.1) is 16.6 Å². The Morgan fingerprint density at radius 2 is 1.89 bits per heavy atom. The Morgan fingerprint density at radius 3 is 2.56 bits per heavy atom. The van der Waals surface area contributed by atoms with E-state index in [0.29, 0.717) is 0 Å². The van der Waals surface area contributed by atoms with Crippen LogP contribution < -0.4 is 0 Å². The van der Waals surface area contributed by atoms with Gasteiger partial charge in [0.25, 0.3) is 5.91 Å². The molecule has 0 bridgehead atoms. The molecule has 0 aliphatic rings. The highest BCUT2D eigenvalue weighted by atomic mass is 32.1. The number of fused-ring (bicyclic) bond motifs is 1. The lowest BCUT2D eigenvalue weighted by Gasteiger charge is -2.25. The zero-order chi connectivity index (χ0) is 19.0. The fourth-order valence-corrected chi connectivity index (χ4v) is 4.38. The Bertz CT molecular complexity index is 1080. The largest absolute Gasteiger partial charge is 0.334 e. The molecule has 0 saturated heterocycles. The Balaban J connectivity index is 1.58. The molecule has 136 valence electrons. The summed E-state index contributed by atoms with van der Waals surface area (Å²) < 4.78 is 2.86. The minimum atomic E-state index is -0.0353. The van der Waals surface area contributed by atoms with Gasteiger partial charge in [-0.1, -0.05) is 30.3 Å². The maximum atomic E-state index is 13.1. The first-order chi connectivity index (χ1) is 13.1. The predicted octanol–water partition coefficient (Wildman–Crippen LogP) is 4.62. The second-order valence-electron chi connectivity index (χ2n) is 6.58. The fourth-order valence-electron chi connectivity index (χ4n) is 3.19. The van der Waals surface area contributed by atoms with Crippen LogP contribution in [-0.4, -0.2) is 32.6 Å². The molecule has 0 radical (unpaired) electrons.